The summed E-state index contributed by atoms with van der Waals surface area (Å²) in [6.45, 7) is 2.56. The summed E-state index contributed by atoms with van der Waals surface area (Å²) >= 11 is 0. The van der Waals surface area contributed by atoms with Gasteiger partial charge >= 0.3 is 0 Å². The van der Waals surface area contributed by atoms with Gasteiger partial charge in [0.25, 0.3) is 0 Å². The summed E-state index contributed by atoms with van der Waals surface area (Å²) < 4.78 is 5.42. The highest BCUT2D eigenvalue weighted by Crippen LogP contribution is 2.21. The lowest BCUT2D eigenvalue weighted by molar-refractivity contribution is 0.327. The molecule has 2 aromatic heterocycles. The molecule has 0 aliphatic carbocycles. The van der Waals surface area contributed by atoms with Gasteiger partial charge in [0.1, 0.15) is 0 Å². The first-order valence-electron chi connectivity index (χ1n) is 6.33. The van der Waals surface area contributed by atoms with Crippen LogP contribution in [0.4, 0.5) is 0 Å². The van der Waals surface area contributed by atoms with Crippen LogP contribution in [0.2, 0.25) is 0 Å². The van der Waals surface area contributed by atoms with Crippen LogP contribution in [-0.2, 0) is 0 Å². The monoisotopic (exact) mass is 250 g/mol. The van der Waals surface area contributed by atoms with Crippen molar-refractivity contribution >= 4 is 10.9 Å². The third-order valence-electron chi connectivity index (χ3n) is 2.88. The van der Waals surface area contributed by atoms with Crippen molar-refractivity contribution in [2.45, 2.75) is 6.92 Å². The van der Waals surface area contributed by atoms with Gasteiger partial charge in [0, 0.05) is 11.5 Å². The lowest BCUT2D eigenvalue weighted by Crippen LogP contribution is -1.95. The van der Waals surface area contributed by atoms with E-state index in [9.17, 15) is 0 Å². The van der Waals surface area contributed by atoms with Crippen molar-refractivity contribution in [3.8, 4) is 17.3 Å². The van der Waals surface area contributed by atoms with Crippen molar-refractivity contribution in [3.05, 3.63) is 54.6 Å². The van der Waals surface area contributed by atoms with Crippen LogP contribution in [0.15, 0.2) is 54.6 Å². The van der Waals surface area contributed by atoms with Gasteiger partial charge in [0.05, 0.1) is 23.5 Å². The molecular weight excluding hydrogens is 236 g/mol. The van der Waals surface area contributed by atoms with Crippen LogP contribution in [0, 0.1) is 0 Å². The van der Waals surface area contributed by atoms with Gasteiger partial charge in [0.2, 0.25) is 5.88 Å². The molecule has 2 heterocycles. The highest BCUT2D eigenvalue weighted by atomic mass is 16.5. The fourth-order valence-corrected chi connectivity index (χ4v) is 1.99. The average molecular weight is 250 g/mol. The van der Waals surface area contributed by atoms with Crippen molar-refractivity contribution < 1.29 is 4.74 Å². The molecule has 1 aromatic carbocycles. The average Bonchev–Trinajstić information content (AvgIpc) is 2.47. The zero-order valence-corrected chi connectivity index (χ0v) is 10.7. The summed E-state index contributed by atoms with van der Waals surface area (Å²) in [4.78, 5) is 9.08. The zero-order valence-electron chi connectivity index (χ0n) is 10.7. The molecular formula is C16H14N2O. The SMILES string of the molecule is CCOc1cccc(-c2ccc3ccccc3n2)n1. The minimum Gasteiger partial charge on any atom is -0.478 e. The molecule has 3 rings (SSSR count). The maximum atomic E-state index is 5.42. The van der Waals surface area contributed by atoms with E-state index in [4.69, 9.17) is 4.74 Å². The first kappa shape index (κ1) is 11.7. The van der Waals surface area contributed by atoms with Gasteiger partial charge in [-0.15, -0.1) is 0 Å². The number of hydrogen-bond acceptors (Lipinski definition) is 3. The normalized spacial score (nSPS) is 10.6. The lowest BCUT2D eigenvalue weighted by Gasteiger charge is -2.05. The van der Waals surface area contributed by atoms with E-state index in [-0.39, 0.29) is 0 Å². The van der Waals surface area contributed by atoms with Gasteiger partial charge in [-0.05, 0) is 25.1 Å². The lowest BCUT2D eigenvalue weighted by atomic mass is 10.2. The molecule has 3 nitrogen and oxygen atoms in total. The molecule has 0 saturated heterocycles. The minimum absolute atomic E-state index is 0.613. The highest BCUT2D eigenvalue weighted by Gasteiger charge is 2.04. The van der Waals surface area contributed by atoms with Gasteiger partial charge in [0.15, 0.2) is 0 Å². The molecule has 0 aliphatic rings. The second-order valence-corrected chi connectivity index (χ2v) is 4.18. The number of pyridine rings is 2. The highest BCUT2D eigenvalue weighted by molar-refractivity contribution is 5.80. The molecule has 0 saturated carbocycles. The van der Waals surface area contributed by atoms with Crippen LogP contribution in [0.1, 0.15) is 6.92 Å². The van der Waals surface area contributed by atoms with E-state index in [1.165, 1.54) is 0 Å². The maximum Gasteiger partial charge on any atom is 0.213 e. The van der Waals surface area contributed by atoms with Crippen LogP contribution in [0.25, 0.3) is 22.3 Å². The predicted octanol–water partition coefficient (Wildman–Crippen LogP) is 3.70. The summed E-state index contributed by atoms with van der Waals surface area (Å²) in [6.07, 6.45) is 0. The number of benzene rings is 1. The van der Waals surface area contributed by atoms with Crippen LogP contribution in [0.5, 0.6) is 5.88 Å². The first-order valence-corrected chi connectivity index (χ1v) is 6.33. The van der Waals surface area contributed by atoms with E-state index < -0.39 is 0 Å². The molecule has 0 aliphatic heterocycles. The number of aromatic nitrogens is 2. The van der Waals surface area contributed by atoms with Crippen LogP contribution in [-0.4, -0.2) is 16.6 Å². The Balaban J connectivity index is 2.05. The van der Waals surface area contributed by atoms with E-state index in [1.807, 2.05) is 49.4 Å². The quantitative estimate of drug-likeness (QED) is 0.711. The van der Waals surface area contributed by atoms with Crippen molar-refractivity contribution in [2.24, 2.45) is 0 Å². The predicted molar refractivity (Wildman–Crippen MR) is 76.1 cm³/mol. The zero-order chi connectivity index (χ0) is 13.1. The van der Waals surface area contributed by atoms with Crippen LogP contribution >= 0.6 is 0 Å². The molecule has 0 atom stereocenters. The molecule has 19 heavy (non-hydrogen) atoms. The maximum absolute atomic E-state index is 5.42. The number of fused-ring (bicyclic) bond motifs is 1. The topological polar surface area (TPSA) is 35.0 Å². The molecule has 94 valence electrons. The van der Waals surface area contributed by atoms with Gasteiger partial charge in [-0.1, -0.05) is 30.3 Å². The number of para-hydroxylation sites is 1. The number of nitrogens with zero attached hydrogens (tertiary/aromatic N) is 2. The van der Waals surface area contributed by atoms with E-state index in [1.54, 1.807) is 0 Å². The van der Waals surface area contributed by atoms with Gasteiger partial charge < -0.3 is 4.74 Å². The van der Waals surface area contributed by atoms with Crippen LogP contribution in [0.3, 0.4) is 0 Å². The molecule has 3 heteroatoms. The van der Waals surface area contributed by atoms with Crippen molar-refractivity contribution in [1.82, 2.24) is 9.97 Å². The van der Waals surface area contributed by atoms with Crippen molar-refractivity contribution in [3.63, 3.8) is 0 Å². The Morgan fingerprint density at radius 2 is 1.68 bits per heavy atom. The largest absolute Gasteiger partial charge is 0.478 e. The van der Waals surface area contributed by atoms with Crippen molar-refractivity contribution in [2.75, 3.05) is 6.61 Å². The molecule has 0 amide bonds. The van der Waals surface area contributed by atoms with Crippen LogP contribution < -0.4 is 4.74 Å². The summed E-state index contributed by atoms with van der Waals surface area (Å²) in [6, 6.07) is 17.8. The van der Waals surface area contributed by atoms with E-state index >= 15 is 0 Å². The Morgan fingerprint density at radius 1 is 0.842 bits per heavy atom. The Hall–Kier alpha value is -2.42. The fourth-order valence-electron chi connectivity index (χ4n) is 1.99. The van der Waals surface area contributed by atoms with E-state index in [2.05, 4.69) is 22.1 Å². The summed E-state index contributed by atoms with van der Waals surface area (Å²) in [5.41, 5.74) is 2.67. The molecule has 3 aromatic rings. The second kappa shape index (κ2) is 5.06. The van der Waals surface area contributed by atoms with Crippen molar-refractivity contribution in [1.29, 1.82) is 0 Å². The Kier molecular flexibility index (Phi) is 3.11. The summed E-state index contributed by atoms with van der Waals surface area (Å²) in [5.74, 6) is 0.634. The molecule has 0 fully saturated rings. The Bertz CT molecular complexity index is 710. The third-order valence-corrected chi connectivity index (χ3v) is 2.88. The van der Waals surface area contributed by atoms with E-state index in [0.29, 0.717) is 12.5 Å². The van der Waals surface area contributed by atoms with Gasteiger partial charge in [-0.25, -0.2) is 9.97 Å². The molecule has 0 unspecified atom stereocenters. The third kappa shape index (κ3) is 2.40. The number of hydrogen-bond donors (Lipinski definition) is 0. The molecule has 0 spiro atoms. The fraction of sp³-hybridized carbons (Fsp3) is 0.125. The smallest absolute Gasteiger partial charge is 0.213 e. The van der Waals surface area contributed by atoms with Gasteiger partial charge in [-0.3, -0.25) is 0 Å². The molecule has 0 radical (unpaired) electrons. The summed E-state index contributed by atoms with van der Waals surface area (Å²) in [7, 11) is 0. The van der Waals surface area contributed by atoms with Gasteiger partial charge in [-0.2, -0.15) is 0 Å². The molecule has 0 N–H and O–H groups in total. The number of rotatable bonds is 3. The van der Waals surface area contributed by atoms with E-state index in [0.717, 1.165) is 22.3 Å². The first-order chi connectivity index (χ1) is 9.36. The Morgan fingerprint density at radius 3 is 2.58 bits per heavy atom. The Labute approximate surface area is 111 Å². The summed E-state index contributed by atoms with van der Waals surface area (Å²) in [5, 5.41) is 1.13. The standard InChI is InChI=1S/C16H14N2O/c1-2-19-16-9-5-8-14(18-16)15-11-10-12-6-3-4-7-13(12)17-15/h3-11H,2H2,1H3. The molecule has 0 bridgehead atoms. The number of ether oxygens (including phenoxy) is 1. The minimum atomic E-state index is 0.613. The second-order valence-electron chi connectivity index (χ2n) is 4.18.